The lowest BCUT2D eigenvalue weighted by atomic mass is 10.2. The zero-order chi connectivity index (χ0) is 11.9. The minimum absolute atomic E-state index is 0.920. The lowest BCUT2D eigenvalue weighted by Gasteiger charge is -2.23. The normalized spacial score (nSPS) is 16.9. The summed E-state index contributed by atoms with van der Waals surface area (Å²) in [4.78, 5) is 7.01. The molecule has 0 saturated carbocycles. The number of hydrogen-bond donors (Lipinski definition) is 1. The van der Waals surface area contributed by atoms with Gasteiger partial charge in [-0.15, -0.1) is 0 Å². The Hall–Kier alpha value is -0.740. The van der Waals surface area contributed by atoms with Crippen LogP contribution in [-0.4, -0.2) is 36.1 Å². The maximum atomic E-state index is 4.57. The topological polar surface area (TPSA) is 28.2 Å². The highest BCUT2D eigenvalue weighted by molar-refractivity contribution is 7.99. The summed E-state index contributed by atoms with van der Waals surface area (Å²) in [6, 6.07) is 4.21. The van der Waals surface area contributed by atoms with Gasteiger partial charge in [0.25, 0.3) is 0 Å². The third-order valence-corrected chi connectivity index (χ3v) is 4.00. The summed E-state index contributed by atoms with van der Waals surface area (Å²) in [5.74, 6) is 3.68. The first-order valence-corrected chi connectivity index (χ1v) is 7.54. The van der Waals surface area contributed by atoms with Crippen LogP contribution in [0.4, 0.5) is 5.82 Å². The molecule has 1 fully saturated rings. The molecule has 0 aliphatic carbocycles. The van der Waals surface area contributed by atoms with Gasteiger partial charge in [0.15, 0.2) is 0 Å². The molecule has 0 radical (unpaired) electrons. The van der Waals surface area contributed by atoms with Crippen LogP contribution in [0.15, 0.2) is 18.3 Å². The number of aromatic nitrogens is 1. The Morgan fingerprint density at radius 1 is 1.41 bits per heavy atom. The summed E-state index contributed by atoms with van der Waals surface area (Å²) >= 11 is 2.05. The summed E-state index contributed by atoms with van der Waals surface area (Å²) < 4.78 is 0. The van der Waals surface area contributed by atoms with Gasteiger partial charge in [0.05, 0.1) is 0 Å². The fourth-order valence-electron chi connectivity index (χ4n) is 2.07. The smallest absolute Gasteiger partial charge is 0.133 e. The molecule has 94 valence electrons. The largest absolute Gasteiger partial charge is 0.355 e. The molecule has 0 spiro atoms. The first-order valence-electron chi connectivity index (χ1n) is 6.39. The first kappa shape index (κ1) is 12.7. The Kier molecular flexibility index (Phi) is 5.13. The molecule has 1 N–H and O–H groups in total. The van der Waals surface area contributed by atoms with E-state index in [-0.39, 0.29) is 0 Å². The Morgan fingerprint density at radius 3 is 3.24 bits per heavy atom. The quantitative estimate of drug-likeness (QED) is 0.887. The van der Waals surface area contributed by atoms with Gasteiger partial charge < -0.3 is 10.2 Å². The summed E-state index contributed by atoms with van der Waals surface area (Å²) in [6.07, 6.45) is 3.17. The summed E-state index contributed by atoms with van der Waals surface area (Å²) in [5.41, 5.74) is 1.32. The predicted molar refractivity (Wildman–Crippen MR) is 75.8 cm³/mol. The van der Waals surface area contributed by atoms with Gasteiger partial charge in [0, 0.05) is 37.1 Å². The summed E-state index contributed by atoms with van der Waals surface area (Å²) in [6.45, 7) is 6.33. The molecule has 1 saturated heterocycles. The van der Waals surface area contributed by atoms with Crippen molar-refractivity contribution in [2.75, 3.05) is 36.0 Å². The van der Waals surface area contributed by atoms with Crippen LogP contribution in [-0.2, 0) is 6.54 Å². The van der Waals surface area contributed by atoms with Crippen molar-refractivity contribution in [2.24, 2.45) is 0 Å². The lowest BCUT2D eigenvalue weighted by Crippen LogP contribution is -2.28. The van der Waals surface area contributed by atoms with Crippen molar-refractivity contribution in [1.82, 2.24) is 10.3 Å². The Labute approximate surface area is 108 Å². The van der Waals surface area contributed by atoms with Gasteiger partial charge in [-0.05, 0) is 24.8 Å². The summed E-state index contributed by atoms with van der Waals surface area (Å²) in [5, 5.41) is 3.39. The number of anilines is 1. The lowest BCUT2D eigenvalue weighted by molar-refractivity contribution is 0.713. The van der Waals surface area contributed by atoms with Gasteiger partial charge in [0.2, 0.25) is 0 Å². The van der Waals surface area contributed by atoms with Crippen molar-refractivity contribution in [3.63, 3.8) is 0 Å². The van der Waals surface area contributed by atoms with Crippen LogP contribution in [0.3, 0.4) is 0 Å². The van der Waals surface area contributed by atoms with Crippen molar-refractivity contribution in [1.29, 1.82) is 0 Å². The van der Waals surface area contributed by atoms with Crippen molar-refractivity contribution >= 4 is 17.6 Å². The van der Waals surface area contributed by atoms with E-state index in [4.69, 9.17) is 0 Å². The summed E-state index contributed by atoms with van der Waals surface area (Å²) in [7, 11) is 0. The second-order valence-corrected chi connectivity index (χ2v) is 5.44. The third kappa shape index (κ3) is 3.61. The van der Waals surface area contributed by atoms with Gasteiger partial charge in [-0.25, -0.2) is 4.98 Å². The van der Waals surface area contributed by atoms with Gasteiger partial charge in [0.1, 0.15) is 5.82 Å². The molecular weight excluding hydrogens is 230 g/mol. The van der Waals surface area contributed by atoms with E-state index >= 15 is 0 Å². The second kappa shape index (κ2) is 6.87. The van der Waals surface area contributed by atoms with Crippen LogP contribution in [0.2, 0.25) is 0 Å². The van der Waals surface area contributed by atoms with E-state index in [2.05, 4.69) is 40.0 Å². The van der Waals surface area contributed by atoms with Gasteiger partial charge >= 0.3 is 0 Å². The Morgan fingerprint density at radius 2 is 2.35 bits per heavy atom. The number of rotatable bonds is 4. The zero-order valence-corrected chi connectivity index (χ0v) is 11.3. The molecule has 4 heteroatoms. The molecule has 17 heavy (non-hydrogen) atoms. The first-order chi connectivity index (χ1) is 8.42. The van der Waals surface area contributed by atoms with E-state index in [1.807, 2.05) is 12.3 Å². The number of thioether (sulfide) groups is 1. The van der Waals surface area contributed by atoms with E-state index in [0.717, 1.165) is 26.2 Å². The molecule has 2 heterocycles. The fraction of sp³-hybridized carbons (Fsp3) is 0.615. The average molecular weight is 251 g/mol. The molecule has 3 nitrogen and oxygen atoms in total. The molecular formula is C13H21N3S. The van der Waals surface area contributed by atoms with E-state index in [9.17, 15) is 0 Å². The average Bonchev–Trinajstić information content (AvgIpc) is 2.65. The van der Waals surface area contributed by atoms with Crippen molar-refractivity contribution in [2.45, 2.75) is 19.9 Å². The molecule has 1 aliphatic heterocycles. The highest BCUT2D eigenvalue weighted by Crippen LogP contribution is 2.20. The van der Waals surface area contributed by atoms with Crippen molar-refractivity contribution in [3.05, 3.63) is 23.9 Å². The number of hydrogen-bond acceptors (Lipinski definition) is 4. The molecule has 0 aromatic carbocycles. The maximum Gasteiger partial charge on any atom is 0.133 e. The number of nitrogens with zero attached hydrogens (tertiary/aromatic N) is 2. The van der Waals surface area contributed by atoms with Crippen LogP contribution in [0.5, 0.6) is 0 Å². The van der Waals surface area contributed by atoms with E-state index in [1.54, 1.807) is 0 Å². The predicted octanol–water partition coefficient (Wildman–Crippen LogP) is 2.13. The van der Waals surface area contributed by atoms with Gasteiger partial charge in [-0.3, -0.25) is 0 Å². The minimum atomic E-state index is 0.920. The molecule has 0 bridgehead atoms. The molecule has 0 atom stereocenters. The minimum Gasteiger partial charge on any atom is -0.355 e. The van der Waals surface area contributed by atoms with Crippen molar-refractivity contribution < 1.29 is 0 Å². The van der Waals surface area contributed by atoms with Crippen LogP contribution in [0.1, 0.15) is 18.9 Å². The van der Waals surface area contributed by atoms with Crippen LogP contribution >= 0.6 is 11.8 Å². The Bertz CT molecular complexity index is 335. The molecule has 2 rings (SSSR count). The molecule has 1 aliphatic rings. The molecule has 1 aromatic rings. The Balaban J connectivity index is 2.11. The third-order valence-electron chi connectivity index (χ3n) is 2.95. The highest BCUT2D eigenvalue weighted by atomic mass is 32.2. The number of pyridine rings is 1. The van der Waals surface area contributed by atoms with Crippen LogP contribution in [0, 0.1) is 0 Å². The van der Waals surface area contributed by atoms with E-state index < -0.39 is 0 Å². The second-order valence-electron chi connectivity index (χ2n) is 4.22. The van der Waals surface area contributed by atoms with Crippen molar-refractivity contribution in [3.8, 4) is 0 Å². The zero-order valence-electron chi connectivity index (χ0n) is 10.5. The number of nitrogens with one attached hydrogen (secondary N) is 1. The van der Waals surface area contributed by atoms with Gasteiger partial charge in [-0.2, -0.15) is 11.8 Å². The maximum absolute atomic E-state index is 4.57. The van der Waals surface area contributed by atoms with E-state index in [0.29, 0.717) is 0 Å². The molecule has 0 unspecified atom stereocenters. The monoisotopic (exact) mass is 251 g/mol. The highest BCUT2D eigenvalue weighted by Gasteiger charge is 2.14. The molecule has 0 amide bonds. The fourth-order valence-corrected chi connectivity index (χ4v) is 2.96. The van der Waals surface area contributed by atoms with Gasteiger partial charge in [-0.1, -0.05) is 13.0 Å². The van der Waals surface area contributed by atoms with Crippen LogP contribution < -0.4 is 10.2 Å². The SMILES string of the molecule is CCNCc1cccnc1N1CCCSCC1. The van der Waals surface area contributed by atoms with E-state index in [1.165, 1.54) is 29.3 Å². The standard InChI is InChI=1S/C13H21N3S/c1-2-14-11-12-5-3-6-15-13(12)16-7-4-9-17-10-8-16/h3,5-6,14H,2,4,7-11H2,1H3. The van der Waals surface area contributed by atoms with Crippen LogP contribution in [0.25, 0.3) is 0 Å². The molecule has 1 aromatic heterocycles.